The first-order chi connectivity index (χ1) is 26.8. The lowest BCUT2D eigenvalue weighted by molar-refractivity contribution is 1.18. The van der Waals surface area contributed by atoms with Crippen LogP contribution in [0, 0.1) is 0 Å². The van der Waals surface area contributed by atoms with Gasteiger partial charge in [0.1, 0.15) is 0 Å². The molecule has 4 heterocycles. The van der Waals surface area contributed by atoms with Gasteiger partial charge in [-0.05, 0) is 82.2 Å². The molecule has 0 saturated carbocycles. The highest BCUT2D eigenvalue weighted by Crippen LogP contribution is 2.49. The molecule has 10 aromatic rings. The van der Waals surface area contributed by atoms with Gasteiger partial charge < -0.3 is 13.9 Å². The molecule has 54 heavy (non-hydrogen) atoms. The summed E-state index contributed by atoms with van der Waals surface area (Å²) < 4.78 is 5.10. The third-order valence-corrected chi connectivity index (χ3v) is 11.7. The highest BCUT2D eigenvalue weighted by atomic mass is 15.2. The number of para-hydroxylation sites is 5. The molecule has 12 rings (SSSR count). The SMILES string of the molecule is c1ccc(-c2c(-c3ccc4c(c3)c3ccccc3n4-c3ccccc3)n3c4c(cccc24)-c2cccc4c2B3c2ccccc2N4c2ccccc2)cc1. The minimum Gasteiger partial charge on any atom is -0.375 e. The molecule has 0 atom stereocenters. The molecule has 0 bridgehead atoms. The van der Waals surface area contributed by atoms with Crippen molar-refractivity contribution in [2.24, 2.45) is 0 Å². The van der Waals surface area contributed by atoms with Crippen LogP contribution in [0.15, 0.2) is 194 Å². The fraction of sp³-hybridized carbons (Fsp3) is 0. The Hall–Kier alpha value is -7.04. The largest absolute Gasteiger partial charge is 0.375 e. The predicted molar refractivity (Wildman–Crippen MR) is 228 cm³/mol. The number of aromatic nitrogens is 2. The molecule has 2 aromatic heterocycles. The van der Waals surface area contributed by atoms with Crippen LogP contribution in [0.1, 0.15) is 0 Å². The Kier molecular flexibility index (Phi) is 6.14. The monoisotopic (exact) mass is 685 g/mol. The van der Waals surface area contributed by atoms with E-state index in [9.17, 15) is 0 Å². The van der Waals surface area contributed by atoms with Crippen LogP contribution in [0.3, 0.4) is 0 Å². The van der Waals surface area contributed by atoms with Crippen LogP contribution in [-0.2, 0) is 0 Å². The van der Waals surface area contributed by atoms with E-state index < -0.39 is 0 Å². The number of anilines is 3. The van der Waals surface area contributed by atoms with E-state index in [4.69, 9.17) is 0 Å². The standard InChI is InChI=1S/C50H32BN3/c1-4-16-33(17-5-1)47-40-25-14-24-39-38-23-15-29-46-48(38)51(42-26-11-13-28-45(42)53(46)36-20-8-3-9-21-36)54(50(39)40)49(47)34-30-31-44-41(32-34)37-22-10-12-27-43(37)52(44)35-18-6-2-7-19-35/h1-32H. The Morgan fingerprint density at radius 2 is 1.04 bits per heavy atom. The second kappa shape index (κ2) is 11.2. The van der Waals surface area contributed by atoms with Crippen LogP contribution >= 0.6 is 0 Å². The lowest BCUT2D eigenvalue weighted by Gasteiger charge is -2.40. The summed E-state index contributed by atoms with van der Waals surface area (Å²) in [4.78, 5) is 2.46. The zero-order valence-corrected chi connectivity index (χ0v) is 29.4. The van der Waals surface area contributed by atoms with Gasteiger partial charge in [0.15, 0.2) is 0 Å². The number of rotatable bonds is 4. The van der Waals surface area contributed by atoms with Crippen LogP contribution in [0.5, 0.6) is 0 Å². The molecule has 250 valence electrons. The summed E-state index contributed by atoms with van der Waals surface area (Å²) in [6.45, 7) is -0.0291. The lowest BCUT2D eigenvalue weighted by Crippen LogP contribution is -2.56. The van der Waals surface area contributed by atoms with Gasteiger partial charge in [-0.3, -0.25) is 0 Å². The van der Waals surface area contributed by atoms with E-state index in [1.807, 2.05) is 0 Å². The molecule has 4 heteroatoms. The van der Waals surface area contributed by atoms with Gasteiger partial charge in [0, 0.05) is 61.2 Å². The van der Waals surface area contributed by atoms with Crippen molar-refractivity contribution in [2.75, 3.05) is 4.90 Å². The van der Waals surface area contributed by atoms with E-state index in [-0.39, 0.29) is 6.85 Å². The molecule has 0 saturated heterocycles. The van der Waals surface area contributed by atoms with Crippen molar-refractivity contribution < 1.29 is 0 Å². The van der Waals surface area contributed by atoms with E-state index in [2.05, 4.69) is 208 Å². The van der Waals surface area contributed by atoms with Crippen molar-refractivity contribution >= 4 is 67.5 Å². The Labute approximate surface area is 313 Å². The third-order valence-electron chi connectivity index (χ3n) is 11.7. The van der Waals surface area contributed by atoms with Crippen LogP contribution < -0.4 is 15.8 Å². The lowest BCUT2D eigenvalue weighted by atomic mass is 9.45. The van der Waals surface area contributed by atoms with Gasteiger partial charge in [-0.2, -0.15) is 0 Å². The van der Waals surface area contributed by atoms with E-state index in [1.165, 1.54) is 99.9 Å². The minimum atomic E-state index is -0.0291. The fourth-order valence-corrected chi connectivity index (χ4v) is 9.60. The average molecular weight is 686 g/mol. The highest BCUT2D eigenvalue weighted by molar-refractivity contribution is 6.89. The van der Waals surface area contributed by atoms with E-state index >= 15 is 0 Å². The number of fused-ring (bicyclic) bond motifs is 7. The number of benzene rings is 8. The Morgan fingerprint density at radius 1 is 0.407 bits per heavy atom. The van der Waals surface area contributed by atoms with Gasteiger partial charge in [0.25, 0.3) is 0 Å². The quantitative estimate of drug-likeness (QED) is 0.168. The maximum atomic E-state index is 2.69. The first kappa shape index (κ1) is 29.5. The summed E-state index contributed by atoms with van der Waals surface area (Å²) >= 11 is 0. The molecule has 0 fully saturated rings. The molecule has 2 aliphatic rings. The summed E-state index contributed by atoms with van der Waals surface area (Å²) in [5.74, 6) is 0. The summed E-state index contributed by atoms with van der Waals surface area (Å²) in [5, 5.41) is 3.78. The molecule has 2 aliphatic heterocycles. The van der Waals surface area contributed by atoms with E-state index in [0.717, 1.165) is 0 Å². The predicted octanol–water partition coefficient (Wildman–Crippen LogP) is 11.5. The molecule has 0 spiro atoms. The zero-order valence-electron chi connectivity index (χ0n) is 29.4. The highest BCUT2D eigenvalue weighted by Gasteiger charge is 2.43. The van der Waals surface area contributed by atoms with Crippen molar-refractivity contribution in [3.8, 4) is 39.2 Å². The number of hydrogen-bond donors (Lipinski definition) is 0. The number of hydrogen-bond acceptors (Lipinski definition) is 1. The Morgan fingerprint density at radius 3 is 1.87 bits per heavy atom. The van der Waals surface area contributed by atoms with Crippen LogP contribution in [0.2, 0.25) is 0 Å². The molecule has 8 aromatic carbocycles. The van der Waals surface area contributed by atoms with E-state index in [0.29, 0.717) is 0 Å². The minimum absolute atomic E-state index is 0.0291. The van der Waals surface area contributed by atoms with Crippen LogP contribution in [0.25, 0.3) is 71.9 Å². The first-order valence-corrected chi connectivity index (χ1v) is 18.7. The van der Waals surface area contributed by atoms with Crippen molar-refractivity contribution in [1.82, 2.24) is 9.05 Å². The summed E-state index contributed by atoms with van der Waals surface area (Å²) in [5.41, 5.74) is 18.7. The number of nitrogens with zero attached hydrogens (tertiary/aromatic N) is 3. The average Bonchev–Trinajstić information content (AvgIpc) is 3.76. The summed E-state index contributed by atoms with van der Waals surface area (Å²) in [6.07, 6.45) is 0. The fourth-order valence-electron chi connectivity index (χ4n) is 9.60. The van der Waals surface area contributed by atoms with Gasteiger partial charge in [-0.15, -0.1) is 0 Å². The van der Waals surface area contributed by atoms with Gasteiger partial charge in [0.05, 0.1) is 11.0 Å². The maximum absolute atomic E-state index is 2.69. The van der Waals surface area contributed by atoms with Gasteiger partial charge >= 0.3 is 6.85 Å². The smallest absolute Gasteiger partial charge is 0.333 e. The van der Waals surface area contributed by atoms with Crippen molar-refractivity contribution in [3.63, 3.8) is 0 Å². The normalized spacial score (nSPS) is 12.7. The molecule has 0 radical (unpaired) electrons. The summed E-state index contributed by atoms with van der Waals surface area (Å²) in [6, 6.07) is 71.4. The van der Waals surface area contributed by atoms with Gasteiger partial charge in [-0.1, -0.05) is 140 Å². The third kappa shape index (κ3) is 3.97. The first-order valence-electron chi connectivity index (χ1n) is 18.7. The second-order valence-electron chi connectivity index (χ2n) is 14.5. The summed E-state index contributed by atoms with van der Waals surface area (Å²) in [7, 11) is 0. The van der Waals surface area contributed by atoms with Crippen LogP contribution in [-0.4, -0.2) is 15.9 Å². The topological polar surface area (TPSA) is 13.1 Å². The van der Waals surface area contributed by atoms with Gasteiger partial charge in [-0.25, -0.2) is 0 Å². The van der Waals surface area contributed by atoms with Crippen molar-refractivity contribution in [1.29, 1.82) is 0 Å². The van der Waals surface area contributed by atoms with Crippen molar-refractivity contribution in [3.05, 3.63) is 194 Å². The van der Waals surface area contributed by atoms with Crippen LogP contribution in [0.4, 0.5) is 17.1 Å². The van der Waals surface area contributed by atoms with Crippen molar-refractivity contribution in [2.45, 2.75) is 0 Å². The molecule has 0 amide bonds. The zero-order chi connectivity index (χ0) is 35.3. The Bertz CT molecular complexity index is 3110. The molecular formula is C50H32BN3. The Balaban J connectivity index is 1.22. The van der Waals surface area contributed by atoms with E-state index in [1.54, 1.807) is 0 Å². The molecular weight excluding hydrogens is 653 g/mol. The van der Waals surface area contributed by atoms with Gasteiger partial charge in [0.2, 0.25) is 0 Å². The molecule has 0 unspecified atom stereocenters. The second-order valence-corrected chi connectivity index (χ2v) is 14.5. The molecule has 0 N–H and O–H groups in total. The molecule has 0 aliphatic carbocycles. The maximum Gasteiger partial charge on any atom is 0.333 e. The molecule has 3 nitrogen and oxygen atoms in total.